The van der Waals surface area contributed by atoms with Crippen LogP contribution in [0.4, 0.5) is 5.69 Å². The second-order valence-corrected chi connectivity index (χ2v) is 11.1. The van der Waals surface area contributed by atoms with Gasteiger partial charge < -0.3 is 19.9 Å². The molecule has 0 aliphatic carbocycles. The Morgan fingerprint density at radius 1 is 1.06 bits per heavy atom. The molecule has 0 saturated carbocycles. The van der Waals surface area contributed by atoms with Crippen LogP contribution in [0.15, 0.2) is 23.1 Å². The lowest BCUT2D eigenvalue weighted by atomic mass is 10.1. The number of sulfonamides is 1. The zero-order valence-electron chi connectivity index (χ0n) is 20.5. The number of piperazine rings is 1. The first-order valence-corrected chi connectivity index (χ1v) is 13.3. The first kappa shape index (κ1) is 26.4. The van der Waals surface area contributed by atoms with Crippen LogP contribution in [0.25, 0.3) is 0 Å². The van der Waals surface area contributed by atoms with Crippen LogP contribution in [0.2, 0.25) is 0 Å². The van der Waals surface area contributed by atoms with Gasteiger partial charge in [0, 0.05) is 79.3 Å². The second-order valence-electron chi connectivity index (χ2n) is 8.93. The zero-order valence-corrected chi connectivity index (χ0v) is 21.3. The minimum absolute atomic E-state index is 0.0335. The molecular formula is C23H37N5O5S. The van der Waals surface area contributed by atoms with E-state index in [1.807, 2.05) is 4.90 Å². The van der Waals surface area contributed by atoms with Crippen molar-refractivity contribution in [3.63, 3.8) is 0 Å². The third-order valence-corrected chi connectivity index (χ3v) is 8.11. The highest BCUT2D eigenvalue weighted by Crippen LogP contribution is 2.29. The van der Waals surface area contributed by atoms with Crippen molar-refractivity contribution in [3.8, 4) is 0 Å². The molecule has 3 rings (SSSR count). The summed E-state index contributed by atoms with van der Waals surface area (Å²) in [6.45, 7) is 5.34. The van der Waals surface area contributed by atoms with Gasteiger partial charge in [-0.05, 0) is 37.5 Å². The standard InChI is InChI=1S/C23H37N5O5S/c1-25(2)34(31,32)19-7-8-21(27-10-4-5-11-27)20(17-19)23(30)28-14-12-26(13-15-28)18-22(29)24-9-6-16-33-3/h7-8,17H,4-6,9-16,18H2,1-3H3,(H,24,29). The van der Waals surface area contributed by atoms with Gasteiger partial charge in [-0.25, -0.2) is 12.7 Å². The van der Waals surface area contributed by atoms with Gasteiger partial charge in [-0.1, -0.05) is 0 Å². The van der Waals surface area contributed by atoms with Gasteiger partial charge in [0.2, 0.25) is 15.9 Å². The Hall–Kier alpha value is -2.21. The molecule has 34 heavy (non-hydrogen) atoms. The lowest BCUT2D eigenvalue weighted by Gasteiger charge is -2.35. The van der Waals surface area contributed by atoms with Gasteiger partial charge >= 0.3 is 0 Å². The fourth-order valence-corrected chi connectivity index (χ4v) is 5.20. The molecule has 0 radical (unpaired) electrons. The highest BCUT2D eigenvalue weighted by molar-refractivity contribution is 7.89. The molecule has 10 nitrogen and oxygen atoms in total. The van der Waals surface area contributed by atoms with E-state index in [4.69, 9.17) is 4.74 Å². The number of nitrogens with one attached hydrogen (secondary N) is 1. The van der Waals surface area contributed by atoms with E-state index in [1.165, 1.54) is 20.2 Å². The SMILES string of the molecule is COCCCNC(=O)CN1CCN(C(=O)c2cc(S(=O)(=O)N(C)C)ccc2N2CCCC2)CC1. The van der Waals surface area contributed by atoms with E-state index in [1.54, 1.807) is 24.1 Å². The van der Waals surface area contributed by atoms with Gasteiger partial charge in [-0.15, -0.1) is 0 Å². The third-order valence-electron chi connectivity index (χ3n) is 6.30. The van der Waals surface area contributed by atoms with E-state index in [2.05, 4.69) is 10.2 Å². The molecule has 2 saturated heterocycles. The first-order chi connectivity index (χ1) is 16.2. The quantitative estimate of drug-likeness (QED) is 0.470. The van der Waals surface area contributed by atoms with E-state index in [0.717, 1.165) is 42.3 Å². The van der Waals surface area contributed by atoms with E-state index >= 15 is 0 Å². The highest BCUT2D eigenvalue weighted by Gasteiger charge is 2.29. The fourth-order valence-electron chi connectivity index (χ4n) is 4.27. The molecule has 1 aromatic carbocycles. The van der Waals surface area contributed by atoms with Gasteiger partial charge in [-0.2, -0.15) is 0 Å². The number of hydrogen-bond acceptors (Lipinski definition) is 7. The number of hydrogen-bond donors (Lipinski definition) is 1. The van der Waals surface area contributed by atoms with E-state index in [9.17, 15) is 18.0 Å². The summed E-state index contributed by atoms with van der Waals surface area (Å²) < 4.78 is 31.6. The molecule has 2 amide bonds. The lowest BCUT2D eigenvalue weighted by Crippen LogP contribution is -2.51. The number of carbonyl (C=O) groups is 2. The molecule has 2 heterocycles. The summed E-state index contributed by atoms with van der Waals surface area (Å²) in [5.41, 5.74) is 1.22. The molecule has 0 unspecified atom stereocenters. The summed E-state index contributed by atoms with van der Waals surface area (Å²) in [6.07, 6.45) is 2.88. The van der Waals surface area contributed by atoms with Gasteiger partial charge in [0.05, 0.1) is 17.0 Å². The molecule has 2 fully saturated rings. The van der Waals surface area contributed by atoms with Gasteiger partial charge in [0.25, 0.3) is 5.91 Å². The summed E-state index contributed by atoms with van der Waals surface area (Å²) in [6, 6.07) is 4.87. The van der Waals surface area contributed by atoms with E-state index in [0.29, 0.717) is 51.4 Å². The van der Waals surface area contributed by atoms with Crippen LogP contribution in [0.1, 0.15) is 29.6 Å². The van der Waals surface area contributed by atoms with Crippen molar-refractivity contribution < 1.29 is 22.7 Å². The normalized spacial score (nSPS) is 17.4. The van der Waals surface area contributed by atoms with Crippen molar-refractivity contribution in [1.29, 1.82) is 0 Å². The number of nitrogens with zero attached hydrogens (tertiary/aromatic N) is 4. The minimum Gasteiger partial charge on any atom is -0.385 e. The molecule has 2 aliphatic heterocycles. The molecule has 0 aromatic heterocycles. The number of amides is 2. The summed E-state index contributed by atoms with van der Waals surface area (Å²) in [5.74, 6) is -0.199. The van der Waals surface area contributed by atoms with Gasteiger partial charge in [-0.3, -0.25) is 14.5 Å². The zero-order chi connectivity index (χ0) is 24.7. The van der Waals surface area contributed by atoms with Crippen LogP contribution < -0.4 is 10.2 Å². The Labute approximate surface area is 202 Å². The summed E-state index contributed by atoms with van der Waals surface area (Å²) in [5, 5.41) is 2.89. The van der Waals surface area contributed by atoms with Gasteiger partial charge in [0.1, 0.15) is 0 Å². The topological polar surface area (TPSA) is 102 Å². The number of rotatable bonds is 10. The average molecular weight is 496 g/mol. The largest absolute Gasteiger partial charge is 0.385 e. The predicted octanol–water partition coefficient (Wildman–Crippen LogP) is 0.448. The Bertz CT molecular complexity index is 954. The maximum Gasteiger partial charge on any atom is 0.256 e. The Morgan fingerprint density at radius 3 is 2.35 bits per heavy atom. The molecule has 1 aromatic rings. The molecule has 0 atom stereocenters. The van der Waals surface area contributed by atoms with Crippen molar-refractivity contribution in [3.05, 3.63) is 23.8 Å². The van der Waals surface area contributed by atoms with Crippen molar-refractivity contribution >= 4 is 27.5 Å². The van der Waals surface area contributed by atoms with E-state index < -0.39 is 10.0 Å². The second kappa shape index (κ2) is 12.0. The molecule has 190 valence electrons. The molecule has 11 heteroatoms. The Balaban J connectivity index is 1.68. The summed E-state index contributed by atoms with van der Waals surface area (Å²) in [7, 11) is 0.947. The smallest absolute Gasteiger partial charge is 0.256 e. The number of anilines is 1. The average Bonchev–Trinajstić information content (AvgIpc) is 3.36. The van der Waals surface area contributed by atoms with Crippen molar-refractivity contribution in [2.75, 3.05) is 85.1 Å². The third kappa shape index (κ3) is 6.47. The van der Waals surface area contributed by atoms with Crippen LogP contribution in [0.3, 0.4) is 0 Å². The minimum atomic E-state index is -3.65. The molecule has 1 N–H and O–H groups in total. The predicted molar refractivity (Wildman–Crippen MR) is 131 cm³/mol. The number of ether oxygens (including phenoxy) is 1. The van der Waals surface area contributed by atoms with Crippen LogP contribution in [-0.4, -0.2) is 115 Å². The van der Waals surface area contributed by atoms with Crippen molar-refractivity contribution in [2.45, 2.75) is 24.2 Å². The summed E-state index contributed by atoms with van der Waals surface area (Å²) >= 11 is 0. The molecule has 2 aliphatic rings. The number of carbonyl (C=O) groups excluding carboxylic acids is 2. The maximum atomic E-state index is 13.5. The summed E-state index contributed by atoms with van der Waals surface area (Å²) in [4.78, 5) is 31.8. The van der Waals surface area contributed by atoms with Crippen LogP contribution in [0.5, 0.6) is 0 Å². The van der Waals surface area contributed by atoms with Crippen LogP contribution in [0, 0.1) is 0 Å². The van der Waals surface area contributed by atoms with Crippen molar-refractivity contribution in [2.24, 2.45) is 0 Å². The fraction of sp³-hybridized carbons (Fsp3) is 0.652. The van der Waals surface area contributed by atoms with E-state index in [-0.39, 0.29) is 16.7 Å². The number of benzene rings is 1. The lowest BCUT2D eigenvalue weighted by molar-refractivity contribution is -0.122. The molecule has 0 spiro atoms. The highest BCUT2D eigenvalue weighted by atomic mass is 32.2. The van der Waals surface area contributed by atoms with Crippen LogP contribution >= 0.6 is 0 Å². The van der Waals surface area contributed by atoms with Crippen LogP contribution in [-0.2, 0) is 19.6 Å². The van der Waals surface area contributed by atoms with Gasteiger partial charge in [0.15, 0.2) is 0 Å². The Kier molecular flexibility index (Phi) is 9.29. The molecule has 0 bridgehead atoms. The maximum absolute atomic E-state index is 13.5. The van der Waals surface area contributed by atoms with Crippen molar-refractivity contribution in [1.82, 2.24) is 19.4 Å². The first-order valence-electron chi connectivity index (χ1n) is 11.8. The number of methoxy groups -OCH3 is 1. The Morgan fingerprint density at radius 2 is 1.74 bits per heavy atom. The monoisotopic (exact) mass is 495 g/mol. The molecular weight excluding hydrogens is 458 g/mol.